The first-order chi connectivity index (χ1) is 8.75. The zero-order valence-electron chi connectivity index (χ0n) is 10.1. The van der Waals surface area contributed by atoms with Crippen LogP contribution in [0.2, 0.25) is 0 Å². The van der Waals surface area contributed by atoms with Crippen molar-refractivity contribution in [3.8, 4) is 0 Å². The van der Waals surface area contributed by atoms with Gasteiger partial charge in [0, 0.05) is 19.2 Å². The zero-order chi connectivity index (χ0) is 14.6. The van der Waals surface area contributed by atoms with Crippen LogP contribution in [0, 0.1) is 0 Å². The summed E-state index contributed by atoms with van der Waals surface area (Å²) in [4.78, 5) is 11.3. The Morgan fingerprint density at radius 2 is 2.11 bits per heavy atom. The van der Waals surface area contributed by atoms with Gasteiger partial charge in [-0.25, -0.2) is 0 Å². The highest BCUT2D eigenvalue weighted by Gasteiger charge is 2.37. The van der Waals surface area contributed by atoms with E-state index in [1.54, 1.807) is 0 Å². The van der Waals surface area contributed by atoms with Gasteiger partial charge >= 0.3 is 6.18 Å². The molecule has 1 amide bonds. The number of nitrogen functional groups attached to an aromatic ring is 1. The topological polar surface area (TPSA) is 87.4 Å². The number of nitrogens with one attached hydrogen (secondary N) is 2. The fraction of sp³-hybridized carbons (Fsp3) is 0.364. The van der Waals surface area contributed by atoms with Crippen LogP contribution in [-0.4, -0.2) is 36.9 Å². The average Bonchev–Trinajstić information content (AvgIpc) is 2.34. The van der Waals surface area contributed by atoms with Crippen LogP contribution >= 0.6 is 0 Å². The van der Waals surface area contributed by atoms with E-state index in [-0.39, 0.29) is 17.3 Å². The first-order valence-corrected chi connectivity index (χ1v) is 5.36. The summed E-state index contributed by atoms with van der Waals surface area (Å²) in [5, 5.41) is 13.6. The molecule has 0 aliphatic carbocycles. The normalized spacial score (nSPS) is 12.9. The van der Waals surface area contributed by atoms with Crippen LogP contribution in [-0.2, 0) is 0 Å². The molecular formula is C11H14F3N3O2. The molecule has 0 fully saturated rings. The second-order valence-corrected chi connectivity index (χ2v) is 3.82. The number of alkyl halides is 3. The Kier molecular flexibility index (Phi) is 4.60. The van der Waals surface area contributed by atoms with Crippen molar-refractivity contribution in [2.75, 3.05) is 24.6 Å². The summed E-state index contributed by atoms with van der Waals surface area (Å²) < 4.78 is 36.3. The van der Waals surface area contributed by atoms with E-state index in [1.165, 1.54) is 25.2 Å². The molecule has 0 radical (unpaired) electrons. The van der Waals surface area contributed by atoms with Gasteiger partial charge in [-0.3, -0.25) is 4.79 Å². The molecule has 1 rings (SSSR count). The fourth-order valence-electron chi connectivity index (χ4n) is 1.33. The van der Waals surface area contributed by atoms with Crippen LogP contribution in [0.5, 0.6) is 0 Å². The molecule has 0 aliphatic rings. The predicted molar refractivity (Wildman–Crippen MR) is 64.8 cm³/mol. The Balaban J connectivity index is 2.73. The summed E-state index contributed by atoms with van der Waals surface area (Å²) in [6.07, 6.45) is -7.17. The number of nitrogens with two attached hydrogens (primary N) is 1. The molecule has 5 N–H and O–H groups in total. The van der Waals surface area contributed by atoms with Crippen molar-refractivity contribution in [1.82, 2.24) is 5.32 Å². The van der Waals surface area contributed by atoms with Gasteiger partial charge in [0.1, 0.15) is 0 Å². The van der Waals surface area contributed by atoms with Crippen molar-refractivity contribution >= 4 is 17.3 Å². The van der Waals surface area contributed by atoms with Gasteiger partial charge in [-0.2, -0.15) is 13.2 Å². The lowest BCUT2D eigenvalue weighted by molar-refractivity contribution is -0.198. The number of aliphatic hydroxyl groups is 1. The number of anilines is 2. The van der Waals surface area contributed by atoms with E-state index in [2.05, 4.69) is 10.6 Å². The molecule has 1 aromatic carbocycles. The van der Waals surface area contributed by atoms with E-state index in [4.69, 9.17) is 10.8 Å². The summed E-state index contributed by atoms with van der Waals surface area (Å²) >= 11 is 0. The molecule has 106 valence electrons. The van der Waals surface area contributed by atoms with Crippen molar-refractivity contribution in [1.29, 1.82) is 0 Å². The van der Waals surface area contributed by atoms with Gasteiger partial charge in [0.2, 0.25) is 0 Å². The number of aliphatic hydroxyl groups excluding tert-OH is 1. The van der Waals surface area contributed by atoms with Gasteiger partial charge in [0.25, 0.3) is 5.91 Å². The molecule has 0 saturated carbocycles. The molecule has 0 aromatic heterocycles. The summed E-state index contributed by atoms with van der Waals surface area (Å²) in [5.41, 5.74) is 6.24. The van der Waals surface area contributed by atoms with Crippen LogP contribution in [0.3, 0.4) is 0 Å². The molecule has 0 saturated heterocycles. The van der Waals surface area contributed by atoms with Crippen molar-refractivity contribution in [3.63, 3.8) is 0 Å². The monoisotopic (exact) mass is 277 g/mol. The molecule has 1 unspecified atom stereocenters. The van der Waals surface area contributed by atoms with Crippen molar-refractivity contribution < 1.29 is 23.1 Å². The van der Waals surface area contributed by atoms with Crippen LogP contribution in [0.4, 0.5) is 24.5 Å². The summed E-state index contributed by atoms with van der Waals surface area (Å²) in [6.45, 7) is -0.715. The second kappa shape index (κ2) is 5.79. The second-order valence-electron chi connectivity index (χ2n) is 3.82. The molecule has 8 heteroatoms. The van der Waals surface area contributed by atoms with Crippen molar-refractivity contribution in [2.45, 2.75) is 12.3 Å². The third-order valence-corrected chi connectivity index (χ3v) is 2.40. The zero-order valence-corrected chi connectivity index (χ0v) is 10.1. The van der Waals surface area contributed by atoms with Crippen LogP contribution in [0.25, 0.3) is 0 Å². The molecule has 19 heavy (non-hydrogen) atoms. The number of carbonyl (C=O) groups is 1. The van der Waals surface area contributed by atoms with E-state index in [0.29, 0.717) is 5.56 Å². The van der Waals surface area contributed by atoms with Gasteiger partial charge in [-0.05, 0) is 18.2 Å². The molecule has 5 nitrogen and oxygen atoms in total. The van der Waals surface area contributed by atoms with E-state index >= 15 is 0 Å². The molecular weight excluding hydrogens is 263 g/mol. The number of rotatable bonds is 4. The number of benzene rings is 1. The number of carbonyl (C=O) groups excluding carboxylic acids is 1. The lowest BCUT2D eigenvalue weighted by atomic mass is 10.1. The molecule has 1 atom stereocenters. The average molecular weight is 277 g/mol. The smallest absolute Gasteiger partial charge is 0.397 e. The number of hydrogen-bond donors (Lipinski definition) is 4. The molecule has 0 aliphatic heterocycles. The lowest BCUT2D eigenvalue weighted by Gasteiger charge is -2.17. The van der Waals surface area contributed by atoms with Gasteiger partial charge in [-0.15, -0.1) is 0 Å². The minimum Gasteiger partial charge on any atom is -0.397 e. The fourth-order valence-corrected chi connectivity index (χ4v) is 1.33. The van der Waals surface area contributed by atoms with Crippen LogP contribution in [0.1, 0.15) is 10.4 Å². The summed E-state index contributed by atoms with van der Waals surface area (Å²) in [5.74, 6) is -0.353. The number of halogens is 3. The van der Waals surface area contributed by atoms with Gasteiger partial charge in [0.15, 0.2) is 6.10 Å². The molecule has 0 spiro atoms. The predicted octanol–water partition coefficient (Wildman–Crippen LogP) is 0.964. The Bertz CT molecular complexity index is 463. The van der Waals surface area contributed by atoms with E-state index in [1.807, 2.05) is 0 Å². The Labute approximate surface area is 107 Å². The maximum absolute atomic E-state index is 12.1. The quantitative estimate of drug-likeness (QED) is 0.617. The van der Waals surface area contributed by atoms with Crippen LogP contribution in [0.15, 0.2) is 18.2 Å². The lowest BCUT2D eigenvalue weighted by Crippen LogP contribution is -2.35. The maximum atomic E-state index is 12.1. The first-order valence-electron chi connectivity index (χ1n) is 5.36. The third-order valence-electron chi connectivity index (χ3n) is 2.40. The van der Waals surface area contributed by atoms with E-state index in [0.717, 1.165) is 0 Å². The third kappa shape index (κ3) is 4.02. The SMILES string of the molecule is CNC(=O)c1ccc(NCC(O)C(F)(F)F)c(N)c1. The Hall–Kier alpha value is -1.96. The highest BCUT2D eigenvalue weighted by atomic mass is 19.4. The molecule has 0 heterocycles. The van der Waals surface area contributed by atoms with Crippen LogP contribution < -0.4 is 16.4 Å². The summed E-state index contributed by atoms with van der Waals surface area (Å²) in [6, 6.07) is 4.13. The van der Waals surface area contributed by atoms with Gasteiger partial charge in [-0.1, -0.05) is 0 Å². The minimum atomic E-state index is -4.69. The Morgan fingerprint density at radius 3 is 2.58 bits per heavy atom. The largest absolute Gasteiger partial charge is 0.416 e. The Morgan fingerprint density at radius 1 is 1.47 bits per heavy atom. The maximum Gasteiger partial charge on any atom is 0.416 e. The highest BCUT2D eigenvalue weighted by Crippen LogP contribution is 2.23. The number of amides is 1. The molecule has 1 aromatic rings. The van der Waals surface area contributed by atoms with Crippen molar-refractivity contribution in [2.24, 2.45) is 0 Å². The summed E-state index contributed by atoms with van der Waals surface area (Å²) in [7, 11) is 1.45. The van der Waals surface area contributed by atoms with Gasteiger partial charge in [0.05, 0.1) is 11.4 Å². The van der Waals surface area contributed by atoms with Gasteiger partial charge < -0.3 is 21.5 Å². The number of hydrogen-bond acceptors (Lipinski definition) is 4. The van der Waals surface area contributed by atoms with Crippen molar-refractivity contribution in [3.05, 3.63) is 23.8 Å². The van der Waals surface area contributed by atoms with E-state index in [9.17, 15) is 18.0 Å². The standard InChI is InChI=1S/C11H14F3N3O2/c1-16-10(19)6-2-3-8(7(15)4-6)17-5-9(18)11(12,13)14/h2-4,9,17-18H,5,15H2,1H3,(H,16,19). The first kappa shape index (κ1) is 15.1. The molecule has 0 bridgehead atoms. The van der Waals surface area contributed by atoms with E-state index < -0.39 is 18.8 Å². The minimum absolute atomic E-state index is 0.121. The highest BCUT2D eigenvalue weighted by molar-refractivity contribution is 5.95.